The van der Waals surface area contributed by atoms with Crippen LogP contribution in [0, 0.1) is 0 Å². The van der Waals surface area contributed by atoms with Gasteiger partial charge in [-0.1, -0.05) is 12.1 Å². The number of hydrogen-bond acceptors (Lipinski definition) is 4. The van der Waals surface area contributed by atoms with Crippen molar-refractivity contribution in [3.63, 3.8) is 0 Å². The second-order valence-corrected chi connectivity index (χ2v) is 7.69. The average molecular weight is 332 g/mol. The van der Waals surface area contributed by atoms with E-state index in [9.17, 15) is 13.2 Å². The molecule has 0 saturated carbocycles. The standard InChI is InChI=1S/C14H18ClNO4S/c1-10-13(8-9-20-10)16-14(17)7-4-11-2-5-12(6-3-11)21(15,18)19/h2-3,5-6,10,13H,4,7-9H2,1H3,(H,16,17). The molecule has 1 heterocycles. The van der Waals surface area contributed by atoms with Crippen LogP contribution in [0.3, 0.4) is 0 Å². The quantitative estimate of drug-likeness (QED) is 0.836. The fourth-order valence-electron chi connectivity index (χ4n) is 2.28. The third-order valence-corrected chi connectivity index (χ3v) is 4.94. The van der Waals surface area contributed by atoms with Crippen LogP contribution in [0.25, 0.3) is 0 Å². The van der Waals surface area contributed by atoms with Crippen molar-refractivity contribution in [2.75, 3.05) is 6.61 Å². The number of benzene rings is 1. The van der Waals surface area contributed by atoms with Crippen molar-refractivity contribution in [2.24, 2.45) is 0 Å². The Kier molecular flexibility index (Phi) is 5.24. The van der Waals surface area contributed by atoms with Gasteiger partial charge in [-0.2, -0.15) is 0 Å². The fourth-order valence-corrected chi connectivity index (χ4v) is 3.05. The highest BCUT2D eigenvalue weighted by Crippen LogP contribution is 2.16. The third kappa shape index (κ3) is 4.69. The molecule has 5 nitrogen and oxygen atoms in total. The molecule has 1 saturated heterocycles. The van der Waals surface area contributed by atoms with Gasteiger partial charge in [0.2, 0.25) is 5.91 Å². The first kappa shape index (κ1) is 16.3. The molecule has 1 aromatic carbocycles. The Hall–Kier alpha value is -1.11. The Morgan fingerprint density at radius 2 is 2.05 bits per heavy atom. The predicted molar refractivity (Wildman–Crippen MR) is 79.8 cm³/mol. The molecule has 2 unspecified atom stereocenters. The molecule has 116 valence electrons. The Morgan fingerprint density at radius 3 is 2.57 bits per heavy atom. The molecule has 1 aliphatic rings. The first-order valence-corrected chi connectivity index (χ1v) is 9.12. The van der Waals surface area contributed by atoms with E-state index in [2.05, 4.69) is 5.32 Å². The summed E-state index contributed by atoms with van der Waals surface area (Å²) in [4.78, 5) is 11.9. The molecule has 2 rings (SSSR count). The van der Waals surface area contributed by atoms with Crippen molar-refractivity contribution in [2.45, 2.75) is 43.2 Å². The molecular weight excluding hydrogens is 314 g/mol. The van der Waals surface area contributed by atoms with E-state index in [4.69, 9.17) is 15.4 Å². The van der Waals surface area contributed by atoms with Gasteiger partial charge in [-0.05, 0) is 37.5 Å². The minimum absolute atomic E-state index is 0.0219. The number of halogens is 1. The van der Waals surface area contributed by atoms with Crippen LogP contribution in [-0.4, -0.2) is 33.1 Å². The lowest BCUT2D eigenvalue weighted by Gasteiger charge is -2.15. The molecule has 1 aliphatic heterocycles. The number of aryl methyl sites for hydroxylation is 1. The largest absolute Gasteiger partial charge is 0.376 e. The third-order valence-electron chi connectivity index (χ3n) is 3.57. The Morgan fingerprint density at radius 1 is 1.38 bits per heavy atom. The van der Waals surface area contributed by atoms with E-state index in [1.165, 1.54) is 12.1 Å². The maximum absolute atomic E-state index is 11.9. The van der Waals surface area contributed by atoms with E-state index < -0.39 is 9.05 Å². The lowest BCUT2D eigenvalue weighted by molar-refractivity contribution is -0.122. The van der Waals surface area contributed by atoms with Crippen LogP contribution in [0.5, 0.6) is 0 Å². The number of amides is 1. The van der Waals surface area contributed by atoms with Gasteiger partial charge in [0.25, 0.3) is 9.05 Å². The van der Waals surface area contributed by atoms with Gasteiger partial charge in [0.05, 0.1) is 17.0 Å². The molecule has 0 bridgehead atoms. The van der Waals surface area contributed by atoms with Crippen LogP contribution in [0.15, 0.2) is 29.2 Å². The molecule has 0 spiro atoms. The zero-order chi connectivity index (χ0) is 15.5. The normalized spacial score (nSPS) is 22.2. The van der Waals surface area contributed by atoms with Gasteiger partial charge in [0, 0.05) is 23.7 Å². The van der Waals surface area contributed by atoms with Gasteiger partial charge in [0.15, 0.2) is 0 Å². The number of carbonyl (C=O) groups is 1. The molecule has 7 heteroatoms. The number of hydrogen-bond donors (Lipinski definition) is 1. The maximum Gasteiger partial charge on any atom is 0.261 e. The molecule has 1 amide bonds. The molecule has 0 aliphatic carbocycles. The summed E-state index contributed by atoms with van der Waals surface area (Å²) in [6.07, 6.45) is 1.81. The maximum atomic E-state index is 11.9. The van der Waals surface area contributed by atoms with E-state index in [1.807, 2.05) is 6.92 Å². The van der Waals surface area contributed by atoms with Crippen LogP contribution in [0.1, 0.15) is 25.3 Å². The zero-order valence-corrected chi connectivity index (χ0v) is 13.3. The van der Waals surface area contributed by atoms with Gasteiger partial charge in [-0.15, -0.1) is 0 Å². The lowest BCUT2D eigenvalue weighted by atomic mass is 10.1. The van der Waals surface area contributed by atoms with Gasteiger partial charge in [-0.3, -0.25) is 4.79 Å². The minimum atomic E-state index is -3.69. The smallest absolute Gasteiger partial charge is 0.261 e. The summed E-state index contributed by atoms with van der Waals surface area (Å²) in [5.41, 5.74) is 0.893. The Labute approximate surface area is 129 Å². The summed E-state index contributed by atoms with van der Waals surface area (Å²) in [7, 11) is 1.55. The SMILES string of the molecule is CC1OCCC1NC(=O)CCc1ccc(S(=O)(=O)Cl)cc1. The van der Waals surface area contributed by atoms with E-state index >= 15 is 0 Å². The summed E-state index contributed by atoms with van der Waals surface area (Å²) < 4.78 is 27.6. The second kappa shape index (κ2) is 6.77. The first-order valence-electron chi connectivity index (χ1n) is 6.81. The van der Waals surface area contributed by atoms with E-state index in [0.29, 0.717) is 19.4 Å². The number of carbonyl (C=O) groups excluding carboxylic acids is 1. The summed E-state index contributed by atoms with van der Waals surface area (Å²) in [6, 6.07) is 6.32. The Balaban J connectivity index is 1.84. The van der Waals surface area contributed by atoms with Crippen LogP contribution < -0.4 is 5.32 Å². The average Bonchev–Trinajstić information content (AvgIpc) is 2.81. The molecule has 0 radical (unpaired) electrons. The van der Waals surface area contributed by atoms with Crippen molar-refractivity contribution in [3.05, 3.63) is 29.8 Å². The monoisotopic (exact) mass is 331 g/mol. The molecule has 2 atom stereocenters. The van der Waals surface area contributed by atoms with Gasteiger partial charge < -0.3 is 10.1 Å². The molecular formula is C14H18ClNO4S. The molecule has 1 fully saturated rings. The summed E-state index contributed by atoms with van der Waals surface area (Å²) in [5.74, 6) is -0.0219. The molecule has 21 heavy (non-hydrogen) atoms. The highest BCUT2D eigenvalue weighted by Gasteiger charge is 2.25. The predicted octanol–water partition coefficient (Wildman–Crippen LogP) is 1.84. The first-order chi connectivity index (χ1) is 9.86. The number of nitrogens with one attached hydrogen (secondary N) is 1. The van der Waals surface area contributed by atoms with Crippen molar-refractivity contribution >= 4 is 25.6 Å². The van der Waals surface area contributed by atoms with Gasteiger partial charge >= 0.3 is 0 Å². The fraction of sp³-hybridized carbons (Fsp3) is 0.500. The molecule has 0 aromatic heterocycles. The molecule has 1 N–H and O–H groups in total. The molecule has 1 aromatic rings. The second-order valence-electron chi connectivity index (χ2n) is 5.12. The summed E-state index contributed by atoms with van der Waals surface area (Å²) in [5, 5.41) is 2.95. The minimum Gasteiger partial charge on any atom is -0.376 e. The highest BCUT2D eigenvalue weighted by molar-refractivity contribution is 8.13. The van der Waals surface area contributed by atoms with E-state index in [-0.39, 0.29) is 22.9 Å². The number of ether oxygens (including phenoxy) is 1. The Bertz CT molecular complexity index is 600. The van der Waals surface area contributed by atoms with Crippen LogP contribution in [0.2, 0.25) is 0 Å². The van der Waals surface area contributed by atoms with Gasteiger partial charge in [-0.25, -0.2) is 8.42 Å². The summed E-state index contributed by atoms with van der Waals surface area (Å²) >= 11 is 0. The van der Waals surface area contributed by atoms with Crippen LogP contribution in [-0.2, 0) is 25.0 Å². The van der Waals surface area contributed by atoms with Gasteiger partial charge in [0.1, 0.15) is 0 Å². The van der Waals surface area contributed by atoms with Crippen LogP contribution >= 0.6 is 10.7 Å². The topological polar surface area (TPSA) is 72.5 Å². The number of rotatable bonds is 5. The van der Waals surface area contributed by atoms with E-state index in [1.54, 1.807) is 12.1 Å². The van der Waals surface area contributed by atoms with E-state index in [0.717, 1.165) is 12.0 Å². The summed E-state index contributed by atoms with van der Waals surface area (Å²) in [6.45, 7) is 2.63. The van der Waals surface area contributed by atoms with Crippen molar-refractivity contribution in [1.29, 1.82) is 0 Å². The van der Waals surface area contributed by atoms with Crippen molar-refractivity contribution in [1.82, 2.24) is 5.32 Å². The lowest BCUT2D eigenvalue weighted by Crippen LogP contribution is -2.39. The highest BCUT2D eigenvalue weighted by atomic mass is 35.7. The zero-order valence-electron chi connectivity index (χ0n) is 11.7. The van der Waals surface area contributed by atoms with Crippen molar-refractivity contribution < 1.29 is 17.9 Å². The van der Waals surface area contributed by atoms with Crippen molar-refractivity contribution in [3.8, 4) is 0 Å². The van der Waals surface area contributed by atoms with Crippen LogP contribution in [0.4, 0.5) is 0 Å².